The summed E-state index contributed by atoms with van der Waals surface area (Å²) in [5.41, 5.74) is 3.95. The highest BCUT2D eigenvalue weighted by atomic mass is 32.1. The second kappa shape index (κ2) is 4.78. The SMILES string of the molecule is Cc1cc(C)cc(Nc2snc(C)c2C(=O)O)c1. The van der Waals surface area contributed by atoms with Gasteiger partial charge in [0, 0.05) is 5.69 Å². The predicted octanol–water partition coefficient (Wildman–Crippen LogP) is 3.51. The Balaban J connectivity index is 2.37. The van der Waals surface area contributed by atoms with Crippen LogP contribution in [0.1, 0.15) is 27.2 Å². The summed E-state index contributed by atoms with van der Waals surface area (Å²) in [6.45, 7) is 5.72. The van der Waals surface area contributed by atoms with Crippen LogP contribution in [0.5, 0.6) is 0 Å². The Bertz CT molecular complexity index is 585. The number of carboxylic acids is 1. The summed E-state index contributed by atoms with van der Waals surface area (Å²) >= 11 is 1.17. The monoisotopic (exact) mass is 262 g/mol. The number of aryl methyl sites for hydroxylation is 3. The third-order valence-electron chi connectivity index (χ3n) is 2.56. The molecule has 2 N–H and O–H groups in total. The molecule has 4 nitrogen and oxygen atoms in total. The summed E-state index contributed by atoms with van der Waals surface area (Å²) < 4.78 is 4.08. The van der Waals surface area contributed by atoms with Gasteiger partial charge in [-0.15, -0.1) is 0 Å². The van der Waals surface area contributed by atoms with E-state index in [0.29, 0.717) is 10.7 Å². The lowest BCUT2D eigenvalue weighted by molar-refractivity contribution is 0.0697. The summed E-state index contributed by atoms with van der Waals surface area (Å²) in [6.07, 6.45) is 0. The van der Waals surface area contributed by atoms with Gasteiger partial charge in [0.15, 0.2) is 0 Å². The van der Waals surface area contributed by atoms with E-state index in [-0.39, 0.29) is 5.56 Å². The van der Waals surface area contributed by atoms with Gasteiger partial charge in [0.05, 0.1) is 5.69 Å². The van der Waals surface area contributed by atoms with Gasteiger partial charge in [0.1, 0.15) is 10.6 Å². The Kier molecular flexibility index (Phi) is 3.34. The molecule has 0 aliphatic heterocycles. The molecule has 0 spiro atoms. The molecule has 1 aromatic heterocycles. The number of rotatable bonds is 3. The van der Waals surface area contributed by atoms with Crippen molar-refractivity contribution in [3.8, 4) is 0 Å². The molecule has 1 heterocycles. The molecule has 5 heteroatoms. The average Bonchev–Trinajstić information content (AvgIpc) is 2.57. The fraction of sp³-hybridized carbons (Fsp3) is 0.231. The van der Waals surface area contributed by atoms with E-state index < -0.39 is 5.97 Å². The first-order valence-corrected chi connectivity index (χ1v) is 6.29. The van der Waals surface area contributed by atoms with Gasteiger partial charge in [-0.25, -0.2) is 4.79 Å². The fourth-order valence-corrected chi connectivity index (χ4v) is 2.69. The first-order valence-electron chi connectivity index (χ1n) is 5.52. The van der Waals surface area contributed by atoms with Crippen molar-refractivity contribution < 1.29 is 9.90 Å². The molecule has 0 saturated carbocycles. The van der Waals surface area contributed by atoms with Crippen LogP contribution in [0.4, 0.5) is 10.7 Å². The maximum atomic E-state index is 11.2. The van der Waals surface area contributed by atoms with E-state index in [2.05, 4.69) is 15.8 Å². The van der Waals surface area contributed by atoms with E-state index in [9.17, 15) is 4.79 Å². The number of benzene rings is 1. The molecular formula is C13H14N2O2S. The second-order valence-electron chi connectivity index (χ2n) is 4.28. The number of hydrogen-bond donors (Lipinski definition) is 2. The molecule has 0 radical (unpaired) electrons. The van der Waals surface area contributed by atoms with E-state index in [4.69, 9.17) is 5.11 Å². The van der Waals surface area contributed by atoms with Crippen LogP contribution in [0.3, 0.4) is 0 Å². The van der Waals surface area contributed by atoms with Crippen molar-refractivity contribution >= 4 is 28.2 Å². The van der Waals surface area contributed by atoms with Crippen molar-refractivity contribution in [2.75, 3.05) is 5.32 Å². The summed E-state index contributed by atoms with van der Waals surface area (Å²) in [5, 5.41) is 12.9. The third-order valence-corrected chi connectivity index (χ3v) is 3.41. The van der Waals surface area contributed by atoms with Gasteiger partial charge in [-0.3, -0.25) is 0 Å². The van der Waals surface area contributed by atoms with Gasteiger partial charge >= 0.3 is 5.97 Å². The molecule has 2 rings (SSSR count). The second-order valence-corrected chi connectivity index (χ2v) is 5.05. The number of nitrogens with zero attached hydrogens (tertiary/aromatic N) is 1. The van der Waals surface area contributed by atoms with Crippen LogP contribution in [0.2, 0.25) is 0 Å². The van der Waals surface area contributed by atoms with Crippen LogP contribution in [0.15, 0.2) is 18.2 Å². The first-order chi connectivity index (χ1) is 8.47. The molecule has 18 heavy (non-hydrogen) atoms. The Labute approximate surface area is 109 Å². The Morgan fingerprint density at radius 3 is 2.39 bits per heavy atom. The molecule has 0 aliphatic carbocycles. The highest BCUT2D eigenvalue weighted by Crippen LogP contribution is 2.28. The lowest BCUT2D eigenvalue weighted by Gasteiger charge is -2.07. The minimum Gasteiger partial charge on any atom is -0.478 e. The number of anilines is 2. The standard InChI is InChI=1S/C13H14N2O2S/c1-7-4-8(2)6-10(5-7)14-12-11(13(16)17)9(3)15-18-12/h4-6,14H,1-3H3,(H,16,17). The molecule has 1 aromatic carbocycles. The van der Waals surface area contributed by atoms with Crippen molar-refractivity contribution in [1.29, 1.82) is 0 Å². The molecule has 0 bridgehead atoms. The molecule has 0 saturated heterocycles. The van der Waals surface area contributed by atoms with E-state index >= 15 is 0 Å². The number of carbonyl (C=O) groups is 1. The lowest BCUT2D eigenvalue weighted by Crippen LogP contribution is -2.01. The number of aromatic nitrogens is 1. The molecule has 0 aliphatic rings. The molecule has 0 atom stereocenters. The molecular weight excluding hydrogens is 248 g/mol. The van der Waals surface area contributed by atoms with Crippen LogP contribution < -0.4 is 5.32 Å². The van der Waals surface area contributed by atoms with Crippen molar-refractivity contribution in [2.45, 2.75) is 20.8 Å². The van der Waals surface area contributed by atoms with Crippen molar-refractivity contribution in [2.24, 2.45) is 0 Å². The summed E-state index contributed by atoms with van der Waals surface area (Å²) in [7, 11) is 0. The number of nitrogens with one attached hydrogen (secondary N) is 1. The van der Waals surface area contributed by atoms with Crippen LogP contribution in [0, 0.1) is 20.8 Å². The van der Waals surface area contributed by atoms with Crippen LogP contribution >= 0.6 is 11.5 Å². The van der Waals surface area contributed by atoms with Crippen LogP contribution in [-0.2, 0) is 0 Å². The Hall–Kier alpha value is -1.88. The van der Waals surface area contributed by atoms with E-state index in [1.54, 1.807) is 6.92 Å². The molecule has 0 amide bonds. The number of hydrogen-bond acceptors (Lipinski definition) is 4. The Morgan fingerprint density at radius 2 is 1.83 bits per heavy atom. The normalized spacial score (nSPS) is 10.4. The van der Waals surface area contributed by atoms with E-state index in [0.717, 1.165) is 16.8 Å². The third kappa shape index (κ3) is 2.51. The van der Waals surface area contributed by atoms with Crippen LogP contribution in [-0.4, -0.2) is 15.4 Å². The minimum absolute atomic E-state index is 0.249. The fourth-order valence-electron chi connectivity index (χ4n) is 1.88. The molecule has 0 fully saturated rings. The molecule has 94 valence electrons. The van der Waals surface area contributed by atoms with Gasteiger partial charge in [-0.05, 0) is 55.6 Å². The smallest absolute Gasteiger partial charge is 0.340 e. The summed E-state index contributed by atoms with van der Waals surface area (Å²) in [5.74, 6) is -0.951. The highest BCUT2D eigenvalue weighted by molar-refractivity contribution is 7.10. The number of aromatic carboxylic acids is 1. The van der Waals surface area contributed by atoms with E-state index in [1.165, 1.54) is 11.5 Å². The predicted molar refractivity (Wildman–Crippen MR) is 73.0 cm³/mol. The highest BCUT2D eigenvalue weighted by Gasteiger charge is 2.17. The maximum Gasteiger partial charge on any atom is 0.340 e. The maximum absolute atomic E-state index is 11.2. The summed E-state index contributed by atoms with van der Waals surface area (Å²) in [6, 6.07) is 6.03. The average molecular weight is 262 g/mol. The Morgan fingerprint density at radius 1 is 1.22 bits per heavy atom. The van der Waals surface area contributed by atoms with Gasteiger partial charge in [-0.1, -0.05) is 6.07 Å². The molecule has 0 unspecified atom stereocenters. The topological polar surface area (TPSA) is 62.2 Å². The zero-order valence-electron chi connectivity index (χ0n) is 10.4. The zero-order chi connectivity index (χ0) is 13.3. The summed E-state index contributed by atoms with van der Waals surface area (Å²) in [4.78, 5) is 11.2. The first kappa shape index (κ1) is 12.6. The zero-order valence-corrected chi connectivity index (χ0v) is 11.3. The minimum atomic E-state index is -0.951. The van der Waals surface area contributed by atoms with Crippen molar-refractivity contribution in [1.82, 2.24) is 4.37 Å². The lowest BCUT2D eigenvalue weighted by atomic mass is 10.1. The van der Waals surface area contributed by atoms with Gasteiger partial charge in [-0.2, -0.15) is 4.37 Å². The van der Waals surface area contributed by atoms with Crippen molar-refractivity contribution in [3.63, 3.8) is 0 Å². The van der Waals surface area contributed by atoms with Gasteiger partial charge in [0.2, 0.25) is 0 Å². The van der Waals surface area contributed by atoms with Gasteiger partial charge in [0.25, 0.3) is 0 Å². The van der Waals surface area contributed by atoms with E-state index in [1.807, 2.05) is 26.0 Å². The quantitative estimate of drug-likeness (QED) is 0.888. The van der Waals surface area contributed by atoms with Crippen molar-refractivity contribution in [3.05, 3.63) is 40.6 Å². The largest absolute Gasteiger partial charge is 0.478 e. The van der Waals surface area contributed by atoms with Crippen LogP contribution in [0.25, 0.3) is 0 Å². The van der Waals surface area contributed by atoms with Gasteiger partial charge < -0.3 is 10.4 Å². The number of carboxylic acid groups (broad SMARTS) is 1. The molecule has 2 aromatic rings.